The number of benzene rings is 1. The molecular formula is C13H17NO2. The first-order valence-electron chi connectivity index (χ1n) is 5.83. The molecule has 1 N–H and O–H groups in total. The van der Waals surface area contributed by atoms with Crippen LogP contribution in [0.3, 0.4) is 0 Å². The average molecular weight is 219 g/mol. The van der Waals surface area contributed by atoms with Crippen LogP contribution in [0.15, 0.2) is 24.3 Å². The number of carbonyl (C=O) groups excluding carboxylic acids is 1. The quantitative estimate of drug-likeness (QED) is 0.846. The maximum absolute atomic E-state index is 11.8. The zero-order chi connectivity index (χ0) is 11.4. The van der Waals surface area contributed by atoms with Crippen molar-refractivity contribution in [3.63, 3.8) is 0 Å². The van der Waals surface area contributed by atoms with Crippen molar-refractivity contribution >= 4 is 11.5 Å². The lowest BCUT2D eigenvalue weighted by molar-refractivity contribution is -0.125. The number of rotatable bonds is 4. The van der Waals surface area contributed by atoms with Crippen LogP contribution in [0.2, 0.25) is 0 Å². The highest BCUT2D eigenvalue weighted by Crippen LogP contribution is 2.28. The van der Waals surface area contributed by atoms with E-state index < -0.39 is 0 Å². The van der Waals surface area contributed by atoms with Gasteiger partial charge in [0, 0.05) is 6.42 Å². The number of ketones is 1. The van der Waals surface area contributed by atoms with E-state index in [4.69, 9.17) is 4.74 Å². The highest BCUT2D eigenvalue weighted by molar-refractivity contribution is 5.85. The Kier molecular flexibility index (Phi) is 3.44. The molecular weight excluding hydrogens is 202 g/mol. The number of hydrogen-bond acceptors (Lipinski definition) is 3. The lowest BCUT2D eigenvalue weighted by Crippen LogP contribution is -2.37. The lowest BCUT2D eigenvalue weighted by atomic mass is 10.1. The van der Waals surface area contributed by atoms with Crippen molar-refractivity contribution in [3.8, 4) is 5.75 Å². The predicted octanol–water partition coefficient (Wildman–Crippen LogP) is 2.62. The third-order valence-electron chi connectivity index (χ3n) is 2.77. The van der Waals surface area contributed by atoms with Gasteiger partial charge in [-0.05, 0) is 18.6 Å². The van der Waals surface area contributed by atoms with Crippen LogP contribution in [0.25, 0.3) is 0 Å². The standard InChI is InChI=1S/C13H17NO2/c1-2-3-7-11(15)13-9-14-10-6-4-5-8-12(10)16-13/h4-6,8,13-14H,2-3,7,9H2,1H3. The first-order valence-corrected chi connectivity index (χ1v) is 5.83. The Balaban J connectivity index is 1.99. The van der Waals surface area contributed by atoms with Crippen LogP contribution in [0, 0.1) is 0 Å². The Labute approximate surface area is 95.8 Å². The van der Waals surface area contributed by atoms with Crippen molar-refractivity contribution in [1.29, 1.82) is 0 Å². The molecule has 0 amide bonds. The van der Waals surface area contributed by atoms with E-state index in [-0.39, 0.29) is 11.9 Å². The summed E-state index contributed by atoms with van der Waals surface area (Å²) in [6.45, 7) is 2.67. The molecule has 1 unspecified atom stereocenters. The molecule has 1 heterocycles. The molecule has 1 atom stereocenters. The molecule has 0 fully saturated rings. The molecule has 1 aromatic rings. The van der Waals surface area contributed by atoms with Crippen LogP contribution in [-0.2, 0) is 4.79 Å². The van der Waals surface area contributed by atoms with Crippen LogP contribution in [-0.4, -0.2) is 18.4 Å². The summed E-state index contributed by atoms with van der Waals surface area (Å²) >= 11 is 0. The summed E-state index contributed by atoms with van der Waals surface area (Å²) in [6, 6.07) is 7.72. The van der Waals surface area contributed by atoms with Gasteiger partial charge in [-0.3, -0.25) is 4.79 Å². The van der Waals surface area contributed by atoms with Gasteiger partial charge < -0.3 is 10.1 Å². The second-order valence-electron chi connectivity index (χ2n) is 4.05. The fraction of sp³-hybridized carbons (Fsp3) is 0.462. The van der Waals surface area contributed by atoms with Crippen molar-refractivity contribution in [2.24, 2.45) is 0 Å². The average Bonchev–Trinajstić information content (AvgIpc) is 2.35. The van der Waals surface area contributed by atoms with Crippen molar-refractivity contribution in [3.05, 3.63) is 24.3 Å². The molecule has 86 valence electrons. The molecule has 3 heteroatoms. The molecule has 0 radical (unpaired) electrons. The molecule has 3 nitrogen and oxygen atoms in total. The van der Waals surface area contributed by atoms with Crippen molar-refractivity contribution in [2.45, 2.75) is 32.3 Å². The van der Waals surface area contributed by atoms with Gasteiger partial charge in [-0.2, -0.15) is 0 Å². The van der Waals surface area contributed by atoms with Gasteiger partial charge in [0.05, 0.1) is 12.2 Å². The minimum Gasteiger partial charge on any atom is -0.479 e. The Morgan fingerprint density at radius 1 is 1.50 bits per heavy atom. The van der Waals surface area contributed by atoms with Gasteiger partial charge in [-0.1, -0.05) is 25.5 Å². The zero-order valence-electron chi connectivity index (χ0n) is 9.53. The minimum atomic E-state index is -0.318. The van der Waals surface area contributed by atoms with E-state index in [0.29, 0.717) is 13.0 Å². The number of ether oxygens (including phenoxy) is 1. The predicted molar refractivity (Wildman–Crippen MR) is 63.9 cm³/mol. The van der Waals surface area contributed by atoms with Gasteiger partial charge in [0.15, 0.2) is 11.9 Å². The number of anilines is 1. The van der Waals surface area contributed by atoms with E-state index in [2.05, 4.69) is 12.2 Å². The van der Waals surface area contributed by atoms with E-state index in [1.807, 2.05) is 24.3 Å². The Morgan fingerprint density at radius 3 is 3.12 bits per heavy atom. The van der Waals surface area contributed by atoms with Crippen LogP contribution in [0.4, 0.5) is 5.69 Å². The summed E-state index contributed by atoms with van der Waals surface area (Å²) < 4.78 is 5.68. The Hall–Kier alpha value is -1.51. The molecule has 1 aliphatic heterocycles. The number of carbonyl (C=O) groups is 1. The van der Waals surface area contributed by atoms with Gasteiger partial charge in [0.1, 0.15) is 5.75 Å². The molecule has 0 aliphatic carbocycles. The van der Waals surface area contributed by atoms with Crippen molar-refractivity contribution in [1.82, 2.24) is 0 Å². The number of unbranched alkanes of at least 4 members (excludes halogenated alkanes) is 1. The maximum Gasteiger partial charge on any atom is 0.175 e. The van der Waals surface area contributed by atoms with Gasteiger partial charge in [0.2, 0.25) is 0 Å². The second-order valence-corrected chi connectivity index (χ2v) is 4.05. The van der Waals surface area contributed by atoms with E-state index in [1.165, 1.54) is 0 Å². The number of Topliss-reactive ketones (excluding diaryl/α,β-unsaturated/α-hetero) is 1. The Bertz CT molecular complexity index is 376. The van der Waals surface area contributed by atoms with E-state index in [9.17, 15) is 4.79 Å². The zero-order valence-corrected chi connectivity index (χ0v) is 9.53. The van der Waals surface area contributed by atoms with Crippen LogP contribution < -0.4 is 10.1 Å². The highest BCUT2D eigenvalue weighted by Gasteiger charge is 2.24. The summed E-state index contributed by atoms with van der Waals surface area (Å²) in [6.07, 6.45) is 2.29. The van der Waals surface area contributed by atoms with E-state index in [0.717, 1.165) is 24.3 Å². The third kappa shape index (κ3) is 2.35. The molecule has 16 heavy (non-hydrogen) atoms. The third-order valence-corrected chi connectivity index (χ3v) is 2.77. The number of fused-ring (bicyclic) bond motifs is 1. The SMILES string of the molecule is CCCCC(=O)C1CNc2ccccc2O1. The fourth-order valence-electron chi connectivity index (χ4n) is 1.80. The van der Waals surface area contributed by atoms with Crippen molar-refractivity contribution < 1.29 is 9.53 Å². The summed E-state index contributed by atoms with van der Waals surface area (Å²) in [5.74, 6) is 0.979. The van der Waals surface area contributed by atoms with Gasteiger partial charge in [-0.25, -0.2) is 0 Å². The van der Waals surface area contributed by atoms with Crippen molar-refractivity contribution in [2.75, 3.05) is 11.9 Å². The second kappa shape index (κ2) is 5.01. The summed E-state index contributed by atoms with van der Waals surface area (Å²) in [5, 5.41) is 3.22. The monoisotopic (exact) mass is 219 g/mol. The molecule has 0 saturated carbocycles. The maximum atomic E-state index is 11.8. The number of hydrogen-bond donors (Lipinski definition) is 1. The smallest absolute Gasteiger partial charge is 0.175 e. The lowest BCUT2D eigenvalue weighted by Gasteiger charge is -2.26. The molecule has 0 bridgehead atoms. The van der Waals surface area contributed by atoms with Crippen LogP contribution in [0.5, 0.6) is 5.75 Å². The van der Waals surface area contributed by atoms with Gasteiger partial charge >= 0.3 is 0 Å². The summed E-state index contributed by atoms with van der Waals surface area (Å²) in [4.78, 5) is 11.8. The largest absolute Gasteiger partial charge is 0.479 e. The fourth-order valence-corrected chi connectivity index (χ4v) is 1.80. The van der Waals surface area contributed by atoms with Crippen LogP contribution in [0.1, 0.15) is 26.2 Å². The molecule has 1 aliphatic rings. The number of nitrogens with one attached hydrogen (secondary N) is 1. The first-order chi connectivity index (χ1) is 7.81. The molecule has 0 aromatic heterocycles. The van der Waals surface area contributed by atoms with E-state index in [1.54, 1.807) is 0 Å². The highest BCUT2D eigenvalue weighted by atomic mass is 16.5. The molecule has 0 saturated heterocycles. The van der Waals surface area contributed by atoms with Crippen LogP contribution >= 0.6 is 0 Å². The molecule has 0 spiro atoms. The normalized spacial score (nSPS) is 18.2. The van der Waals surface area contributed by atoms with E-state index >= 15 is 0 Å². The summed E-state index contributed by atoms with van der Waals surface area (Å²) in [5.41, 5.74) is 0.974. The minimum absolute atomic E-state index is 0.198. The number of para-hydroxylation sites is 2. The van der Waals surface area contributed by atoms with Gasteiger partial charge in [0.25, 0.3) is 0 Å². The topological polar surface area (TPSA) is 38.3 Å². The summed E-state index contributed by atoms with van der Waals surface area (Å²) in [7, 11) is 0. The molecule has 1 aromatic carbocycles. The Morgan fingerprint density at radius 2 is 2.31 bits per heavy atom. The first kappa shape index (κ1) is 11.0. The van der Waals surface area contributed by atoms with Gasteiger partial charge in [-0.15, -0.1) is 0 Å². The molecule has 2 rings (SSSR count).